The van der Waals surface area contributed by atoms with E-state index in [1.807, 2.05) is 13.0 Å². The van der Waals surface area contributed by atoms with Crippen LogP contribution < -0.4 is 5.32 Å². The van der Waals surface area contributed by atoms with Gasteiger partial charge in [0.1, 0.15) is 0 Å². The molecule has 0 aromatic carbocycles. The van der Waals surface area contributed by atoms with Crippen LogP contribution in [0.4, 0.5) is 5.88 Å². The van der Waals surface area contributed by atoms with E-state index < -0.39 is 0 Å². The summed E-state index contributed by atoms with van der Waals surface area (Å²) in [4.78, 5) is 0. The van der Waals surface area contributed by atoms with Gasteiger partial charge in [-0.15, -0.1) is 0 Å². The lowest BCUT2D eigenvalue weighted by Crippen LogP contribution is -2.08. The average Bonchev–Trinajstić information content (AvgIpc) is 2.13. The van der Waals surface area contributed by atoms with Crippen LogP contribution in [0.25, 0.3) is 0 Å². The van der Waals surface area contributed by atoms with Crippen LogP contribution in [0.5, 0.6) is 0 Å². The highest BCUT2D eigenvalue weighted by molar-refractivity contribution is 5.31. The zero-order valence-corrected chi connectivity index (χ0v) is 6.51. The predicted octanol–water partition coefficient (Wildman–Crippen LogP) is 1.80. The van der Waals surface area contributed by atoms with Crippen LogP contribution in [-0.2, 0) is 0 Å². The number of nitrogens with one attached hydrogen (secondary N) is 1. The third-order valence-electron chi connectivity index (χ3n) is 1.06. The van der Waals surface area contributed by atoms with Gasteiger partial charge in [-0.1, -0.05) is 5.16 Å². The Bertz CT molecular complexity index is 205. The van der Waals surface area contributed by atoms with Crippen molar-refractivity contribution < 1.29 is 4.52 Å². The molecule has 3 nitrogen and oxygen atoms in total. The van der Waals surface area contributed by atoms with E-state index in [-0.39, 0.29) is 0 Å². The average molecular weight is 140 g/mol. The SMILES string of the molecule is Cc1cc(NC(C)C)on1. The lowest BCUT2D eigenvalue weighted by atomic mass is 10.4. The lowest BCUT2D eigenvalue weighted by molar-refractivity contribution is 0.424. The second-order valence-corrected chi connectivity index (χ2v) is 2.63. The minimum Gasteiger partial charge on any atom is -0.352 e. The smallest absolute Gasteiger partial charge is 0.225 e. The maximum atomic E-state index is 4.91. The molecule has 0 amide bonds. The van der Waals surface area contributed by atoms with Gasteiger partial charge < -0.3 is 9.84 Å². The fraction of sp³-hybridized carbons (Fsp3) is 0.571. The van der Waals surface area contributed by atoms with Gasteiger partial charge in [-0.05, 0) is 20.8 Å². The minimum atomic E-state index is 0.396. The first kappa shape index (κ1) is 7.12. The Morgan fingerprint density at radius 1 is 1.60 bits per heavy atom. The Hall–Kier alpha value is -0.990. The van der Waals surface area contributed by atoms with E-state index in [1.54, 1.807) is 0 Å². The van der Waals surface area contributed by atoms with Crippen LogP contribution in [0.15, 0.2) is 10.6 Å². The summed E-state index contributed by atoms with van der Waals surface area (Å²) >= 11 is 0. The molecule has 0 aliphatic heterocycles. The number of rotatable bonds is 2. The van der Waals surface area contributed by atoms with Crippen molar-refractivity contribution in [2.24, 2.45) is 0 Å². The van der Waals surface area contributed by atoms with Crippen LogP contribution in [0.3, 0.4) is 0 Å². The van der Waals surface area contributed by atoms with Crippen molar-refractivity contribution in [2.75, 3.05) is 5.32 Å². The molecule has 0 saturated carbocycles. The van der Waals surface area contributed by atoms with Crippen molar-refractivity contribution >= 4 is 5.88 Å². The van der Waals surface area contributed by atoms with Crippen molar-refractivity contribution in [2.45, 2.75) is 26.8 Å². The first-order valence-corrected chi connectivity index (χ1v) is 3.38. The molecule has 0 unspecified atom stereocenters. The normalized spacial score (nSPS) is 10.4. The van der Waals surface area contributed by atoms with E-state index in [4.69, 9.17) is 4.52 Å². The van der Waals surface area contributed by atoms with Crippen LogP contribution in [0.2, 0.25) is 0 Å². The number of anilines is 1. The van der Waals surface area contributed by atoms with Gasteiger partial charge in [-0.3, -0.25) is 0 Å². The maximum absolute atomic E-state index is 4.91. The van der Waals surface area contributed by atoms with E-state index in [2.05, 4.69) is 24.3 Å². The van der Waals surface area contributed by atoms with Gasteiger partial charge in [0.2, 0.25) is 5.88 Å². The summed E-state index contributed by atoms with van der Waals surface area (Å²) in [6, 6.07) is 2.27. The summed E-state index contributed by atoms with van der Waals surface area (Å²) in [6.45, 7) is 6.00. The molecule has 0 aliphatic rings. The van der Waals surface area contributed by atoms with E-state index in [9.17, 15) is 0 Å². The van der Waals surface area contributed by atoms with Crippen LogP contribution in [-0.4, -0.2) is 11.2 Å². The number of aryl methyl sites for hydroxylation is 1. The fourth-order valence-corrected chi connectivity index (χ4v) is 0.716. The van der Waals surface area contributed by atoms with Crippen molar-refractivity contribution in [3.8, 4) is 0 Å². The Morgan fingerprint density at radius 3 is 2.70 bits per heavy atom. The second-order valence-electron chi connectivity index (χ2n) is 2.63. The maximum Gasteiger partial charge on any atom is 0.225 e. The monoisotopic (exact) mass is 140 g/mol. The first-order chi connectivity index (χ1) is 4.68. The molecule has 0 bridgehead atoms. The van der Waals surface area contributed by atoms with Crippen LogP contribution in [0.1, 0.15) is 19.5 Å². The van der Waals surface area contributed by atoms with E-state index in [1.165, 1.54) is 0 Å². The summed E-state index contributed by atoms with van der Waals surface area (Å²) in [5.41, 5.74) is 0.906. The highest BCUT2D eigenvalue weighted by Crippen LogP contribution is 2.08. The largest absolute Gasteiger partial charge is 0.352 e. The van der Waals surface area contributed by atoms with E-state index in [0.29, 0.717) is 6.04 Å². The Balaban J connectivity index is 2.58. The summed E-state index contributed by atoms with van der Waals surface area (Å²) in [7, 11) is 0. The van der Waals surface area contributed by atoms with Crippen molar-refractivity contribution in [1.29, 1.82) is 0 Å². The van der Waals surface area contributed by atoms with Gasteiger partial charge in [-0.2, -0.15) is 0 Å². The highest BCUT2D eigenvalue weighted by Gasteiger charge is 1.99. The molecule has 0 atom stereocenters. The summed E-state index contributed by atoms with van der Waals surface area (Å²) in [5, 5.41) is 6.83. The lowest BCUT2D eigenvalue weighted by Gasteiger charge is -2.02. The Kier molecular flexibility index (Phi) is 1.94. The molecule has 1 heterocycles. The molecular weight excluding hydrogens is 128 g/mol. The molecule has 0 saturated heterocycles. The molecule has 1 aromatic rings. The quantitative estimate of drug-likeness (QED) is 0.680. The number of hydrogen-bond acceptors (Lipinski definition) is 3. The van der Waals surface area contributed by atoms with Crippen molar-refractivity contribution in [3.05, 3.63) is 11.8 Å². The summed E-state index contributed by atoms with van der Waals surface area (Å²) < 4.78 is 4.91. The topological polar surface area (TPSA) is 38.1 Å². The van der Waals surface area contributed by atoms with Gasteiger partial charge >= 0.3 is 0 Å². The molecule has 0 radical (unpaired) electrons. The van der Waals surface area contributed by atoms with Gasteiger partial charge in [0.25, 0.3) is 0 Å². The van der Waals surface area contributed by atoms with Crippen molar-refractivity contribution in [1.82, 2.24) is 5.16 Å². The molecule has 0 aliphatic carbocycles. The van der Waals surface area contributed by atoms with E-state index in [0.717, 1.165) is 11.6 Å². The van der Waals surface area contributed by atoms with Gasteiger partial charge in [0, 0.05) is 12.1 Å². The Labute approximate surface area is 60.4 Å². The standard InChI is InChI=1S/C7H12N2O/c1-5(2)8-7-4-6(3)9-10-7/h4-5,8H,1-3H3. The molecule has 10 heavy (non-hydrogen) atoms. The summed E-state index contributed by atoms with van der Waals surface area (Å²) in [6.07, 6.45) is 0. The molecule has 0 fully saturated rings. The third-order valence-corrected chi connectivity index (χ3v) is 1.06. The third kappa shape index (κ3) is 1.76. The Morgan fingerprint density at radius 2 is 2.30 bits per heavy atom. The minimum absolute atomic E-state index is 0.396. The first-order valence-electron chi connectivity index (χ1n) is 3.38. The van der Waals surface area contributed by atoms with Crippen LogP contribution >= 0.6 is 0 Å². The number of hydrogen-bond donors (Lipinski definition) is 1. The van der Waals surface area contributed by atoms with Gasteiger partial charge in [0.15, 0.2) is 0 Å². The van der Waals surface area contributed by atoms with Gasteiger partial charge in [-0.25, -0.2) is 0 Å². The molecule has 56 valence electrons. The molecule has 1 aromatic heterocycles. The van der Waals surface area contributed by atoms with Crippen LogP contribution in [0, 0.1) is 6.92 Å². The molecule has 1 rings (SSSR count). The zero-order valence-electron chi connectivity index (χ0n) is 6.51. The predicted molar refractivity (Wildman–Crippen MR) is 40.0 cm³/mol. The molecule has 1 N–H and O–H groups in total. The number of nitrogens with zero attached hydrogens (tertiary/aromatic N) is 1. The van der Waals surface area contributed by atoms with E-state index >= 15 is 0 Å². The molecular formula is C7H12N2O. The fourth-order valence-electron chi connectivity index (χ4n) is 0.716. The highest BCUT2D eigenvalue weighted by atomic mass is 16.5. The zero-order chi connectivity index (χ0) is 7.56. The second kappa shape index (κ2) is 2.73. The summed E-state index contributed by atoms with van der Waals surface area (Å²) in [5.74, 6) is 0.743. The number of aromatic nitrogens is 1. The van der Waals surface area contributed by atoms with Gasteiger partial charge in [0.05, 0.1) is 5.69 Å². The van der Waals surface area contributed by atoms with Crippen molar-refractivity contribution in [3.63, 3.8) is 0 Å². The molecule has 3 heteroatoms. The molecule has 0 spiro atoms.